The van der Waals surface area contributed by atoms with Gasteiger partial charge in [0.25, 0.3) is 5.89 Å². The molecule has 0 aliphatic rings. The van der Waals surface area contributed by atoms with Crippen LogP contribution in [0.5, 0.6) is 5.88 Å². The fraction of sp³-hybridized carbons (Fsp3) is 0.385. The summed E-state index contributed by atoms with van der Waals surface area (Å²) in [6.45, 7) is 5.83. The Morgan fingerprint density at radius 1 is 1.25 bits per heavy atom. The molecule has 0 N–H and O–H groups in total. The minimum Gasteiger partial charge on any atom is -0.481 e. The van der Waals surface area contributed by atoms with Crippen LogP contribution in [-0.2, 0) is 6.42 Å². The first-order valence-corrected chi connectivity index (χ1v) is 6.37. The number of nitrogens with zero attached hydrogens (tertiary/aromatic N) is 5. The number of aryl methyl sites for hydroxylation is 2. The average Bonchev–Trinajstić information content (AvgIpc) is 3.04. The summed E-state index contributed by atoms with van der Waals surface area (Å²) in [7, 11) is 1.61. The van der Waals surface area contributed by atoms with Crippen LogP contribution in [0.25, 0.3) is 17.4 Å². The number of methoxy groups -OCH3 is 1. The van der Waals surface area contributed by atoms with E-state index in [0.717, 1.165) is 17.7 Å². The summed E-state index contributed by atoms with van der Waals surface area (Å²) >= 11 is 0. The number of imidazole rings is 1. The SMILES string of the molecule is CCc1c(OC)nc2nc(-c3nnc(C)o3)cn2c1C. The molecule has 0 atom stereocenters. The summed E-state index contributed by atoms with van der Waals surface area (Å²) < 4.78 is 12.6. The van der Waals surface area contributed by atoms with E-state index in [1.54, 1.807) is 14.0 Å². The number of aromatic nitrogens is 5. The predicted molar refractivity (Wildman–Crippen MR) is 71.7 cm³/mol. The van der Waals surface area contributed by atoms with Crippen molar-refractivity contribution in [3.05, 3.63) is 23.3 Å². The highest BCUT2D eigenvalue weighted by Crippen LogP contribution is 2.24. The Bertz CT molecular complexity index is 775. The average molecular weight is 273 g/mol. The molecule has 0 aromatic carbocycles. The van der Waals surface area contributed by atoms with E-state index in [9.17, 15) is 0 Å². The maximum atomic E-state index is 5.40. The summed E-state index contributed by atoms with van der Waals surface area (Å²) in [5.74, 6) is 2.07. The number of rotatable bonds is 3. The molecule has 0 aliphatic carbocycles. The van der Waals surface area contributed by atoms with Gasteiger partial charge in [0.2, 0.25) is 17.5 Å². The van der Waals surface area contributed by atoms with Crippen molar-refractivity contribution >= 4 is 5.78 Å². The lowest BCUT2D eigenvalue weighted by atomic mass is 10.2. The second-order valence-electron chi connectivity index (χ2n) is 4.46. The lowest BCUT2D eigenvalue weighted by Crippen LogP contribution is -2.03. The molecule has 0 saturated carbocycles. The fourth-order valence-corrected chi connectivity index (χ4v) is 2.23. The zero-order valence-corrected chi connectivity index (χ0v) is 11.8. The van der Waals surface area contributed by atoms with Crippen molar-refractivity contribution in [2.24, 2.45) is 0 Å². The zero-order valence-electron chi connectivity index (χ0n) is 11.8. The summed E-state index contributed by atoms with van der Waals surface area (Å²) in [6.07, 6.45) is 2.69. The van der Waals surface area contributed by atoms with E-state index in [4.69, 9.17) is 9.15 Å². The van der Waals surface area contributed by atoms with Crippen molar-refractivity contribution in [3.8, 4) is 17.5 Å². The van der Waals surface area contributed by atoms with E-state index >= 15 is 0 Å². The van der Waals surface area contributed by atoms with Gasteiger partial charge in [0.1, 0.15) is 5.69 Å². The molecular formula is C13H15N5O2. The van der Waals surface area contributed by atoms with Crippen LogP contribution in [0.1, 0.15) is 24.1 Å². The van der Waals surface area contributed by atoms with E-state index in [-0.39, 0.29) is 0 Å². The Morgan fingerprint density at radius 3 is 2.65 bits per heavy atom. The summed E-state index contributed by atoms with van der Waals surface area (Å²) in [4.78, 5) is 8.83. The molecule has 0 fully saturated rings. The van der Waals surface area contributed by atoms with Crippen molar-refractivity contribution in [3.63, 3.8) is 0 Å². The monoisotopic (exact) mass is 273 g/mol. The molecule has 0 unspecified atom stereocenters. The second kappa shape index (κ2) is 4.59. The van der Waals surface area contributed by atoms with E-state index in [1.165, 1.54) is 0 Å². The van der Waals surface area contributed by atoms with Crippen LogP contribution in [0.15, 0.2) is 10.6 Å². The van der Waals surface area contributed by atoms with Crippen LogP contribution in [0.3, 0.4) is 0 Å². The maximum absolute atomic E-state index is 5.40. The van der Waals surface area contributed by atoms with Crippen molar-refractivity contribution in [2.45, 2.75) is 27.2 Å². The van der Waals surface area contributed by atoms with Crippen LogP contribution >= 0.6 is 0 Å². The highest BCUT2D eigenvalue weighted by molar-refractivity contribution is 5.53. The zero-order chi connectivity index (χ0) is 14.3. The quantitative estimate of drug-likeness (QED) is 0.726. The smallest absolute Gasteiger partial charge is 0.267 e. The van der Waals surface area contributed by atoms with Gasteiger partial charge in [-0.05, 0) is 13.3 Å². The molecule has 3 aromatic heterocycles. The van der Waals surface area contributed by atoms with Crippen LogP contribution in [0.4, 0.5) is 0 Å². The highest BCUT2D eigenvalue weighted by atomic mass is 16.5. The maximum Gasteiger partial charge on any atom is 0.267 e. The first-order valence-electron chi connectivity index (χ1n) is 6.37. The highest BCUT2D eigenvalue weighted by Gasteiger charge is 2.16. The molecule has 20 heavy (non-hydrogen) atoms. The van der Waals surface area contributed by atoms with Gasteiger partial charge in [-0.25, -0.2) is 4.98 Å². The van der Waals surface area contributed by atoms with Crippen LogP contribution in [-0.4, -0.2) is 31.7 Å². The largest absolute Gasteiger partial charge is 0.481 e. The van der Waals surface area contributed by atoms with Crippen LogP contribution in [0.2, 0.25) is 0 Å². The third-order valence-corrected chi connectivity index (χ3v) is 3.24. The molecule has 0 spiro atoms. The molecule has 0 aliphatic heterocycles. The molecule has 7 heteroatoms. The molecule has 3 rings (SSSR count). The standard InChI is InChI=1S/C13H15N5O2/c1-5-9-7(2)18-6-10(12-17-16-8(3)20-12)14-13(18)15-11(9)19-4/h6H,5H2,1-4H3. The van der Waals surface area contributed by atoms with Crippen molar-refractivity contribution in [2.75, 3.05) is 7.11 Å². The van der Waals surface area contributed by atoms with Crippen molar-refractivity contribution in [1.82, 2.24) is 24.6 Å². The molecule has 104 valence electrons. The number of hydrogen-bond donors (Lipinski definition) is 0. The Kier molecular flexibility index (Phi) is 2.89. The summed E-state index contributed by atoms with van der Waals surface area (Å²) in [5.41, 5.74) is 2.71. The molecule has 0 radical (unpaired) electrons. The minimum absolute atomic E-state index is 0.393. The van der Waals surface area contributed by atoms with Gasteiger partial charge in [0.15, 0.2) is 0 Å². The minimum atomic E-state index is 0.393. The first kappa shape index (κ1) is 12.6. The summed E-state index contributed by atoms with van der Waals surface area (Å²) in [6, 6.07) is 0. The third-order valence-electron chi connectivity index (χ3n) is 3.24. The lowest BCUT2D eigenvalue weighted by Gasteiger charge is -2.10. The Hall–Kier alpha value is -2.44. The van der Waals surface area contributed by atoms with Gasteiger partial charge >= 0.3 is 0 Å². The number of hydrogen-bond acceptors (Lipinski definition) is 6. The predicted octanol–water partition coefficient (Wildman–Crippen LogP) is 1.97. The van der Waals surface area contributed by atoms with Gasteiger partial charge in [-0.3, -0.25) is 4.40 Å². The van der Waals surface area contributed by atoms with E-state index < -0.39 is 0 Å². The Labute approximate surface area is 115 Å². The van der Waals surface area contributed by atoms with E-state index in [1.807, 2.05) is 17.5 Å². The van der Waals surface area contributed by atoms with Gasteiger partial charge in [0.05, 0.1) is 7.11 Å². The van der Waals surface area contributed by atoms with Crippen molar-refractivity contribution in [1.29, 1.82) is 0 Å². The Balaban J connectivity index is 2.23. The molecule has 3 aromatic rings. The molecular weight excluding hydrogens is 258 g/mol. The normalized spacial score (nSPS) is 11.2. The topological polar surface area (TPSA) is 78.3 Å². The fourth-order valence-electron chi connectivity index (χ4n) is 2.23. The third kappa shape index (κ3) is 1.82. The molecule has 0 bridgehead atoms. The van der Waals surface area contributed by atoms with Gasteiger partial charge in [0, 0.05) is 24.4 Å². The number of ether oxygens (including phenoxy) is 1. The van der Waals surface area contributed by atoms with Crippen LogP contribution in [0, 0.1) is 13.8 Å². The Morgan fingerprint density at radius 2 is 2.05 bits per heavy atom. The molecule has 7 nitrogen and oxygen atoms in total. The van der Waals surface area contributed by atoms with Crippen molar-refractivity contribution < 1.29 is 9.15 Å². The van der Waals surface area contributed by atoms with Gasteiger partial charge in [-0.1, -0.05) is 6.92 Å². The van der Waals surface area contributed by atoms with Gasteiger partial charge in [-0.2, -0.15) is 4.98 Å². The van der Waals surface area contributed by atoms with E-state index in [2.05, 4.69) is 27.1 Å². The van der Waals surface area contributed by atoms with Gasteiger partial charge < -0.3 is 9.15 Å². The number of fused-ring (bicyclic) bond motifs is 1. The molecule has 0 saturated heterocycles. The van der Waals surface area contributed by atoms with Crippen LogP contribution < -0.4 is 4.74 Å². The molecule has 0 amide bonds. The lowest BCUT2D eigenvalue weighted by molar-refractivity contribution is 0.392. The van der Waals surface area contributed by atoms with Gasteiger partial charge in [-0.15, -0.1) is 10.2 Å². The first-order chi connectivity index (χ1) is 9.63. The summed E-state index contributed by atoms with van der Waals surface area (Å²) in [5, 5.41) is 7.79. The second-order valence-corrected chi connectivity index (χ2v) is 4.46. The van der Waals surface area contributed by atoms with E-state index in [0.29, 0.717) is 29.1 Å². The molecule has 3 heterocycles.